The summed E-state index contributed by atoms with van der Waals surface area (Å²) in [5.41, 5.74) is 3.49. The lowest BCUT2D eigenvalue weighted by Crippen LogP contribution is -2.02. The normalized spacial score (nSPS) is 11.2. The van der Waals surface area contributed by atoms with E-state index in [1.54, 1.807) is 6.07 Å². The van der Waals surface area contributed by atoms with E-state index < -0.39 is 0 Å². The van der Waals surface area contributed by atoms with Gasteiger partial charge in [0.25, 0.3) is 0 Å². The van der Waals surface area contributed by atoms with Crippen LogP contribution in [0.4, 0.5) is 4.39 Å². The molecule has 2 nitrogen and oxygen atoms in total. The largest absolute Gasteiger partial charge is 0.295 e. The van der Waals surface area contributed by atoms with E-state index in [2.05, 4.69) is 20.9 Å². The van der Waals surface area contributed by atoms with E-state index in [1.165, 1.54) is 6.07 Å². The minimum Gasteiger partial charge on any atom is -0.295 e. The highest BCUT2D eigenvalue weighted by molar-refractivity contribution is 9.10. The van der Waals surface area contributed by atoms with Gasteiger partial charge in [0.1, 0.15) is 11.6 Å². The zero-order chi connectivity index (χ0) is 14.3. The molecule has 5 heteroatoms. The molecule has 102 valence electrons. The maximum atomic E-state index is 13.9. The number of hydrogen-bond acceptors (Lipinski definition) is 1. The van der Waals surface area contributed by atoms with Gasteiger partial charge in [-0.25, -0.2) is 9.37 Å². The number of fused-ring (bicyclic) bond motifs is 1. The second-order valence-electron chi connectivity index (χ2n) is 4.54. The van der Waals surface area contributed by atoms with Crippen LogP contribution in [0.3, 0.4) is 0 Å². The molecular weight excluding hydrogens is 343 g/mol. The van der Waals surface area contributed by atoms with Crippen LogP contribution in [0.25, 0.3) is 16.7 Å². The number of halogens is 3. The van der Waals surface area contributed by atoms with Gasteiger partial charge in [-0.1, -0.05) is 12.1 Å². The van der Waals surface area contributed by atoms with Crippen molar-refractivity contribution in [3.63, 3.8) is 0 Å². The topological polar surface area (TPSA) is 17.8 Å². The third kappa shape index (κ3) is 2.13. The molecule has 0 saturated heterocycles. The number of hydrogen-bond donors (Lipinski definition) is 0. The molecular formula is C15H11BrClFN2. The Balaban J connectivity index is 2.36. The average Bonchev–Trinajstić information content (AvgIpc) is 2.81. The lowest BCUT2D eigenvalue weighted by Gasteiger charge is -2.12. The number of benzene rings is 2. The van der Waals surface area contributed by atoms with Crippen molar-refractivity contribution in [1.29, 1.82) is 0 Å². The molecule has 0 atom stereocenters. The maximum absolute atomic E-state index is 13.9. The van der Waals surface area contributed by atoms with Crippen LogP contribution < -0.4 is 0 Å². The monoisotopic (exact) mass is 352 g/mol. The van der Waals surface area contributed by atoms with Gasteiger partial charge in [-0.3, -0.25) is 4.57 Å². The summed E-state index contributed by atoms with van der Waals surface area (Å²) in [5, 5.41) is 0. The number of alkyl halides is 1. The van der Waals surface area contributed by atoms with Crippen molar-refractivity contribution in [2.24, 2.45) is 0 Å². The summed E-state index contributed by atoms with van der Waals surface area (Å²) in [6.45, 7) is 1.94. The van der Waals surface area contributed by atoms with Crippen molar-refractivity contribution in [3.8, 4) is 5.69 Å². The molecule has 0 aliphatic carbocycles. The fourth-order valence-corrected chi connectivity index (χ4v) is 2.95. The van der Waals surface area contributed by atoms with Crippen LogP contribution in [0.5, 0.6) is 0 Å². The molecule has 0 saturated carbocycles. The minimum atomic E-state index is -0.302. The van der Waals surface area contributed by atoms with E-state index in [-0.39, 0.29) is 11.7 Å². The van der Waals surface area contributed by atoms with Crippen LogP contribution in [-0.4, -0.2) is 9.55 Å². The highest BCUT2D eigenvalue weighted by Gasteiger charge is 2.14. The van der Waals surface area contributed by atoms with Crippen molar-refractivity contribution in [2.45, 2.75) is 12.8 Å². The van der Waals surface area contributed by atoms with Gasteiger partial charge in [0.05, 0.1) is 27.1 Å². The first kappa shape index (κ1) is 13.6. The predicted molar refractivity (Wildman–Crippen MR) is 83.0 cm³/mol. The summed E-state index contributed by atoms with van der Waals surface area (Å²) in [5.74, 6) is 0.674. The standard InChI is InChI=1S/C15H11BrClFN2/c1-9-6-10(16)11(18)7-14(9)20-13-5-3-2-4-12(13)19-15(20)8-17/h2-7H,8H2,1H3. The summed E-state index contributed by atoms with van der Waals surface area (Å²) in [4.78, 5) is 4.50. The zero-order valence-corrected chi connectivity index (χ0v) is 13.0. The van der Waals surface area contributed by atoms with Gasteiger partial charge in [0, 0.05) is 0 Å². The van der Waals surface area contributed by atoms with Crippen LogP contribution in [0.1, 0.15) is 11.4 Å². The van der Waals surface area contributed by atoms with E-state index in [0.29, 0.717) is 10.3 Å². The molecule has 0 amide bonds. The number of para-hydroxylation sites is 2. The predicted octanol–water partition coefficient (Wildman–Crippen LogP) is 4.97. The Bertz CT molecular complexity index is 798. The number of nitrogens with zero attached hydrogens (tertiary/aromatic N) is 2. The zero-order valence-electron chi connectivity index (χ0n) is 10.7. The van der Waals surface area contributed by atoms with E-state index >= 15 is 0 Å². The Morgan fingerprint density at radius 3 is 2.80 bits per heavy atom. The van der Waals surface area contributed by atoms with Crippen molar-refractivity contribution in [2.75, 3.05) is 0 Å². The Labute approximate surface area is 129 Å². The van der Waals surface area contributed by atoms with E-state index in [9.17, 15) is 4.39 Å². The first-order chi connectivity index (χ1) is 9.61. The van der Waals surface area contributed by atoms with E-state index in [1.807, 2.05) is 35.8 Å². The summed E-state index contributed by atoms with van der Waals surface area (Å²) in [7, 11) is 0. The van der Waals surface area contributed by atoms with Gasteiger partial charge in [-0.15, -0.1) is 11.6 Å². The summed E-state index contributed by atoms with van der Waals surface area (Å²) in [6, 6.07) is 11.0. The van der Waals surface area contributed by atoms with Crippen molar-refractivity contribution < 1.29 is 4.39 Å². The van der Waals surface area contributed by atoms with Crippen LogP contribution in [-0.2, 0) is 5.88 Å². The highest BCUT2D eigenvalue weighted by Crippen LogP contribution is 2.28. The number of rotatable bonds is 2. The molecule has 0 N–H and O–H groups in total. The third-order valence-electron chi connectivity index (χ3n) is 3.23. The Kier molecular flexibility index (Phi) is 3.52. The Hall–Kier alpha value is -1.39. The second kappa shape index (κ2) is 5.19. The smallest absolute Gasteiger partial charge is 0.139 e. The Morgan fingerprint density at radius 2 is 2.05 bits per heavy atom. The first-order valence-corrected chi connectivity index (χ1v) is 7.43. The molecule has 0 radical (unpaired) electrons. The third-order valence-corrected chi connectivity index (χ3v) is 4.08. The van der Waals surface area contributed by atoms with Crippen LogP contribution in [0.15, 0.2) is 40.9 Å². The van der Waals surface area contributed by atoms with Gasteiger partial charge in [-0.05, 0) is 52.7 Å². The number of imidazole rings is 1. The van der Waals surface area contributed by atoms with Gasteiger partial charge in [0.2, 0.25) is 0 Å². The highest BCUT2D eigenvalue weighted by atomic mass is 79.9. The van der Waals surface area contributed by atoms with E-state index in [0.717, 1.165) is 22.3 Å². The number of aromatic nitrogens is 2. The van der Waals surface area contributed by atoms with Crippen LogP contribution in [0.2, 0.25) is 0 Å². The van der Waals surface area contributed by atoms with Crippen molar-refractivity contribution in [1.82, 2.24) is 9.55 Å². The SMILES string of the molecule is Cc1cc(Br)c(F)cc1-n1c(CCl)nc2ccccc21. The van der Waals surface area contributed by atoms with Gasteiger partial charge < -0.3 is 0 Å². The molecule has 0 unspecified atom stereocenters. The lowest BCUT2D eigenvalue weighted by atomic mass is 10.2. The van der Waals surface area contributed by atoms with E-state index in [4.69, 9.17) is 11.6 Å². The molecule has 0 spiro atoms. The lowest BCUT2D eigenvalue weighted by molar-refractivity contribution is 0.619. The van der Waals surface area contributed by atoms with Gasteiger partial charge in [0.15, 0.2) is 0 Å². The molecule has 0 bridgehead atoms. The molecule has 0 aliphatic heterocycles. The first-order valence-electron chi connectivity index (χ1n) is 6.10. The molecule has 2 aromatic carbocycles. The van der Waals surface area contributed by atoms with Crippen LogP contribution >= 0.6 is 27.5 Å². The fraction of sp³-hybridized carbons (Fsp3) is 0.133. The maximum Gasteiger partial charge on any atom is 0.139 e. The van der Waals surface area contributed by atoms with Crippen molar-refractivity contribution in [3.05, 3.63) is 58.1 Å². The molecule has 3 aromatic rings. The van der Waals surface area contributed by atoms with Gasteiger partial charge in [-0.2, -0.15) is 0 Å². The summed E-state index contributed by atoms with van der Waals surface area (Å²) < 4.78 is 16.2. The molecule has 3 rings (SSSR count). The molecule has 0 aliphatic rings. The number of aryl methyl sites for hydroxylation is 1. The quantitative estimate of drug-likeness (QED) is 0.594. The van der Waals surface area contributed by atoms with Gasteiger partial charge >= 0.3 is 0 Å². The minimum absolute atomic E-state index is 0.270. The fourth-order valence-electron chi connectivity index (χ4n) is 2.31. The molecule has 0 fully saturated rings. The summed E-state index contributed by atoms with van der Waals surface area (Å²) >= 11 is 9.19. The molecule has 1 heterocycles. The molecule has 20 heavy (non-hydrogen) atoms. The van der Waals surface area contributed by atoms with Crippen LogP contribution in [0, 0.1) is 12.7 Å². The Morgan fingerprint density at radius 1 is 1.30 bits per heavy atom. The summed E-state index contributed by atoms with van der Waals surface area (Å²) in [6.07, 6.45) is 0. The average molecular weight is 354 g/mol. The van der Waals surface area contributed by atoms with Crippen molar-refractivity contribution >= 4 is 38.6 Å². The second-order valence-corrected chi connectivity index (χ2v) is 5.66. The molecule has 1 aromatic heterocycles.